The summed E-state index contributed by atoms with van der Waals surface area (Å²) in [7, 11) is 4.29. The molecule has 0 spiro atoms. The van der Waals surface area contributed by atoms with Crippen LogP contribution in [0.25, 0.3) is 0 Å². The van der Waals surface area contributed by atoms with Crippen LogP contribution in [0, 0.1) is 11.8 Å². The average Bonchev–Trinajstić information content (AvgIpc) is 2.90. The minimum atomic E-state index is -1.46. The summed E-state index contributed by atoms with van der Waals surface area (Å²) >= 11 is 0. The molecule has 204 valence electrons. The van der Waals surface area contributed by atoms with E-state index >= 15 is 0 Å². The molecule has 1 saturated heterocycles. The van der Waals surface area contributed by atoms with Crippen molar-refractivity contribution in [2.45, 2.75) is 36.9 Å². The fourth-order valence-electron chi connectivity index (χ4n) is 5.28. The van der Waals surface area contributed by atoms with Gasteiger partial charge in [-0.3, -0.25) is 0 Å². The second kappa shape index (κ2) is 11.3. The highest BCUT2D eigenvalue weighted by molar-refractivity contribution is 5.57. The maximum Gasteiger partial charge on any atom is 0.200 e. The Kier molecular flexibility index (Phi) is 8.32. The SMILES string of the molecule is COc1cc2c(cc1O)[C@@H](c1cc(OC)c(O)c(OC)c1)[C@@H](CO[C@@H]1OC[C@@H](O)[C@H](O)[C@H]1O)[C@H](CO)C2. The molecule has 11 nitrogen and oxygen atoms in total. The van der Waals surface area contributed by atoms with Gasteiger partial charge < -0.3 is 54.3 Å². The van der Waals surface area contributed by atoms with Gasteiger partial charge in [0.05, 0.1) is 34.5 Å². The summed E-state index contributed by atoms with van der Waals surface area (Å²) in [5, 5.41) is 61.6. The molecule has 0 saturated carbocycles. The number of fused-ring (bicyclic) bond motifs is 1. The topological polar surface area (TPSA) is 168 Å². The van der Waals surface area contributed by atoms with Crippen molar-refractivity contribution in [1.29, 1.82) is 0 Å². The monoisotopic (exact) mass is 522 g/mol. The van der Waals surface area contributed by atoms with Crippen molar-refractivity contribution in [3.05, 3.63) is 41.0 Å². The van der Waals surface area contributed by atoms with E-state index in [4.69, 9.17) is 23.7 Å². The maximum atomic E-state index is 10.6. The van der Waals surface area contributed by atoms with Gasteiger partial charge in [0.25, 0.3) is 0 Å². The van der Waals surface area contributed by atoms with E-state index in [9.17, 15) is 30.6 Å². The molecule has 37 heavy (non-hydrogen) atoms. The van der Waals surface area contributed by atoms with Crippen molar-refractivity contribution in [3.63, 3.8) is 0 Å². The molecule has 1 aliphatic carbocycles. The predicted molar refractivity (Wildman–Crippen MR) is 129 cm³/mol. The van der Waals surface area contributed by atoms with Gasteiger partial charge in [-0.25, -0.2) is 0 Å². The summed E-state index contributed by atoms with van der Waals surface area (Å²) < 4.78 is 27.3. The Bertz CT molecular complexity index is 1070. The number of rotatable bonds is 8. The smallest absolute Gasteiger partial charge is 0.200 e. The molecule has 1 heterocycles. The van der Waals surface area contributed by atoms with E-state index in [1.807, 2.05) is 0 Å². The second-order valence-electron chi connectivity index (χ2n) is 9.37. The number of hydrogen-bond donors (Lipinski definition) is 6. The summed E-state index contributed by atoms with van der Waals surface area (Å²) in [6.07, 6.45) is -4.86. The fraction of sp³-hybridized carbons (Fsp3) is 0.538. The van der Waals surface area contributed by atoms with Crippen molar-refractivity contribution >= 4 is 0 Å². The molecule has 4 rings (SSSR count). The highest BCUT2D eigenvalue weighted by atomic mass is 16.7. The number of aromatic hydroxyl groups is 2. The van der Waals surface area contributed by atoms with E-state index in [-0.39, 0.29) is 48.7 Å². The van der Waals surface area contributed by atoms with E-state index in [1.165, 1.54) is 21.3 Å². The van der Waals surface area contributed by atoms with Gasteiger partial charge >= 0.3 is 0 Å². The molecule has 2 aromatic rings. The normalized spacial score (nSPS) is 29.4. The van der Waals surface area contributed by atoms with Gasteiger partial charge in [-0.1, -0.05) is 0 Å². The number of phenols is 2. The first kappa shape index (κ1) is 27.2. The molecular weight excluding hydrogens is 488 g/mol. The Balaban J connectivity index is 1.78. The molecule has 7 atom stereocenters. The molecular formula is C26H34O11. The van der Waals surface area contributed by atoms with Crippen LogP contribution in [0.2, 0.25) is 0 Å². The van der Waals surface area contributed by atoms with Crippen molar-refractivity contribution in [2.24, 2.45) is 11.8 Å². The zero-order valence-corrected chi connectivity index (χ0v) is 20.9. The molecule has 0 aromatic heterocycles. The predicted octanol–water partition coefficient (Wildman–Crippen LogP) is 0.492. The highest BCUT2D eigenvalue weighted by Gasteiger charge is 2.42. The minimum absolute atomic E-state index is 0.00181. The molecule has 11 heteroatoms. The molecule has 0 amide bonds. The van der Waals surface area contributed by atoms with Gasteiger partial charge in [-0.2, -0.15) is 0 Å². The number of benzene rings is 2. The van der Waals surface area contributed by atoms with Gasteiger partial charge in [-0.15, -0.1) is 0 Å². The van der Waals surface area contributed by atoms with E-state index in [2.05, 4.69) is 0 Å². The third-order valence-electron chi connectivity index (χ3n) is 7.29. The van der Waals surface area contributed by atoms with Gasteiger partial charge in [0.2, 0.25) is 5.75 Å². The number of aliphatic hydroxyl groups is 4. The van der Waals surface area contributed by atoms with Crippen LogP contribution in [0.5, 0.6) is 28.7 Å². The Morgan fingerprint density at radius 3 is 2.14 bits per heavy atom. The van der Waals surface area contributed by atoms with Crippen molar-refractivity contribution in [1.82, 2.24) is 0 Å². The molecule has 6 N–H and O–H groups in total. The fourth-order valence-corrected chi connectivity index (χ4v) is 5.28. The van der Waals surface area contributed by atoms with E-state index in [1.54, 1.807) is 24.3 Å². The first-order valence-corrected chi connectivity index (χ1v) is 12.0. The molecule has 2 aromatic carbocycles. The molecule has 0 radical (unpaired) electrons. The lowest BCUT2D eigenvalue weighted by molar-refractivity contribution is -0.274. The number of hydrogen-bond acceptors (Lipinski definition) is 11. The lowest BCUT2D eigenvalue weighted by atomic mass is 9.66. The first-order valence-electron chi connectivity index (χ1n) is 12.0. The third kappa shape index (κ3) is 5.15. The molecule has 2 aliphatic rings. The minimum Gasteiger partial charge on any atom is -0.504 e. The van der Waals surface area contributed by atoms with E-state index < -0.39 is 36.4 Å². The van der Waals surface area contributed by atoms with Crippen LogP contribution in [0.1, 0.15) is 22.6 Å². The summed E-state index contributed by atoms with van der Waals surface area (Å²) in [5.74, 6) is -0.745. The summed E-state index contributed by atoms with van der Waals surface area (Å²) in [6.45, 7) is -0.392. The molecule has 1 fully saturated rings. The summed E-state index contributed by atoms with van der Waals surface area (Å²) in [4.78, 5) is 0. The van der Waals surface area contributed by atoms with Crippen LogP contribution < -0.4 is 14.2 Å². The van der Waals surface area contributed by atoms with Crippen LogP contribution in [0.15, 0.2) is 24.3 Å². The number of ether oxygens (including phenoxy) is 5. The summed E-state index contributed by atoms with van der Waals surface area (Å²) in [5.41, 5.74) is 2.28. The second-order valence-corrected chi connectivity index (χ2v) is 9.37. The Morgan fingerprint density at radius 1 is 0.892 bits per heavy atom. The zero-order chi connectivity index (χ0) is 26.9. The number of aliphatic hydroxyl groups excluding tert-OH is 4. The molecule has 0 unspecified atom stereocenters. The lowest BCUT2D eigenvalue weighted by Crippen LogP contribution is -2.54. The van der Waals surface area contributed by atoms with Gasteiger partial charge in [0, 0.05) is 12.5 Å². The van der Waals surface area contributed by atoms with Crippen molar-refractivity contribution in [3.8, 4) is 28.7 Å². The van der Waals surface area contributed by atoms with Crippen LogP contribution in [0.4, 0.5) is 0 Å². The molecule has 1 aliphatic heterocycles. The van der Waals surface area contributed by atoms with Crippen molar-refractivity contribution < 1.29 is 54.3 Å². The Hall–Kier alpha value is -2.80. The van der Waals surface area contributed by atoms with Crippen LogP contribution in [-0.4, -0.2) is 96.4 Å². The van der Waals surface area contributed by atoms with Gasteiger partial charge in [-0.05, 0) is 59.2 Å². The van der Waals surface area contributed by atoms with Crippen LogP contribution in [0.3, 0.4) is 0 Å². The van der Waals surface area contributed by atoms with E-state index in [0.717, 1.165) is 11.1 Å². The maximum absolute atomic E-state index is 10.6. The first-order chi connectivity index (χ1) is 17.7. The Morgan fingerprint density at radius 2 is 1.54 bits per heavy atom. The number of methoxy groups -OCH3 is 3. The summed E-state index contributed by atoms with van der Waals surface area (Å²) in [6, 6.07) is 6.66. The molecule has 0 bridgehead atoms. The lowest BCUT2D eigenvalue weighted by Gasteiger charge is -2.41. The Labute approximate surface area is 214 Å². The largest absolute Gasteiger partial charge is 0.504 e. The van der Waals surface area contributed by atoms with Crippen LogP contribution >= 0.6 is 0 Å². The number of phenolic OH excluding ortho intramolecular Hbond substituents is 2. The van der Waals surface area contributed by atoms with E-state index in [0.29, 0.717) is 17.7 Å². The average molecular weight is 523 g/mol. The highest BCUT2D eigenvalue weighted by Crippen LogP contribution is 2.50. The van der Waals surface area contributed by atoms with Gasteiger partial charge in [0.1, 0.15) is 18.3 Å². The van der Waals surface area contributed by atoms with Gasteiger partial charge in [0.15, 0.2) is 29.3 Å². The standard InChI is InChI=1S/C26H34O11/c1-33-19-5-12-4-14(9-27)16(10-36-26-25(32)23(30)18(29)11-37-26)22(15(12)8-17(19)28)13-6-20(34-2)24(31)21(7-13)35-3/h5-8,14,16,18,22-23,25-32H,4,9-11H2,1-3H3/t14-,16-,18+,22+,23-,25+,26+/m0/s1. The van der Waals surface area contributed by atoms with Crippen LogP contribution in [-0.2, 0) is 15.9 Å². The third-order valence-corrected chi connectivity index (χ3v) is 7.29. The van der Waals surface area contributed by atoms with Crippen molar-refractivity contribution in [2.75, 3.05) is 41.2 Å². The quantitative estimate of drug-likeness (QED) is 0.286. The zero-order valence-electron chi connectivity index (χ0n) is 20.9.